The number of piperidine rings is 1. The summed E-state index contributed by atoms with van der Waals surface area (Å²) in [5.41, 5.74) is 7.59. The molecule has 0 spiro atoms. The summed E-state index contributed by atoms with van der Waals surface area (Å²) in [6, 6.07) is 0.301. The molecule has 24 heavy (non-hydrogen) atoms. The summed E-state index contributed by atoms with van der Waals surface area (Å²) in [5.74, 6) is 0.864. The summed E-state index contributed by atoms with van der Waals surface area (Å²) in [4.78, 5) is 16.3. The van der Waals surface area contributed by atoms with Crippen molar-refractivity contribution in [3.8, 4) is 0 Å². The smallest absolute Gasteiger partial charge is 0.225 e. The molecule has 7 heteroatoms. The predicted molar refractivity (Wildman–Crippen MR) is 101 cm³/mol. The van der Waals surface area contributed by atoms with Crippen molar-refractivity contribution < 1.29 is 0 Å². The molecule has 0 saturated carbocycles. The van der Waals surface area contributed by atoms with E-state index in [1.165, 1.54) is 5.56 Å². The Morgan fingerprint density at radius 1 is 1.12 bits per heavy atom. The van der Waals surface area contributed by atoms with Gasteiger partial charge in [-0.25, -0.2) is 9.97 Å². The van der Waals surface area contributed by atoms with Crippen molar-refractivity contribution in [2.24, 2.45) is 11.1 Å². The highest BCUT2D eigenvalue weighted by Crippen LogP contribution is 2.28. The van der Waals surface area contributed by atoms with E-state index >= 15 is 0 Å². The van der Waals surface area contributed by atoms with Crippen LogP contribution in [0, 0.1) is 5.41 Å². The first-order chi connectivity index (χ1) is 10.9. The molecule has 0 radical (unpaired) electrons. The van der Waals surface area contributed by atoms with Gasteiger partial charge in [-0.05, 0) is 18.9 Å². The second kappa shape index (κ2) is 7.95. The SMILES string of the molecule is CN1CCN(c2ncc(CN3CCC(N)C(C)(C)C3)cn2)CC1.Cl. The zero-order valence-electron chi connectivity index (χ0n) is 15.1. The molecule has 1 aromatic rings. The number of anilines is 1. The van der Waals surface area contributed by atoms with E-state index < -0.39 is 0 Å². The molecule has 2 N–H and O–H groups in total. The van der Waals surface area contributed by atoms with Gasteiger partial charge in [-0.15, -0.1) is 12.4 Å². The molecule has 6 nitrogen and oxygen atoms in total. The molecule has 2 saturated heterocycles. The van der Waals surface area contributed by atoms with E-state index in [2.05, 4.69) is 45.6 Å². The highest BCUT2D eigenvalue weighted by atomic mass is 35.5. The molecule has 1 atom stereocenters. The fourth-order valence-electron chi connectivity index (χ4n) is 3.48. The topological polar surface area (TPSA) is 61.5 Å². The van der Waals surface area contributed by atoms with Gasteiger partial charge in [-0.3, -0.25) is 4.90 Å². The molecule has 0 bridgehead atoms. The van der Waals surface area contributed by atoms with E-state index in [-0.39, 0.29) is 17.8 Å². The summed E-state index contributed by atoms with van der Waals surface area (Å²) in [6.07, 6.45) is 5.04. The molecular formula is C17H31ClN6. The molecular weight excluding hydrogens is 324 g/mol. The summed E-state index contributed by atoms with van der Waals surface area (Å²) < 4.78 is 0. The van der Waals surface area contributed by atoms with E-state index in [1.54, 1.807) is 0 Å². The number of nitrogens with zero attached hydrogens (tertiary/aromatic N) is 5. The Bertz CT molecular complexity index is 512. The number of likely N-dealkylation sites (tertiary alicyclic amines) is 1. The highest BCUT2D eigenvalue weighted by molar-refractivity contribution is 5.85. The lowest BCUT2D eigenvalue weighted by Gasteiger charge is -2.42. The van der Waals surface area contributed by atoms with Crippen LogP contribution in [0.25, 0.3) is 0 Å². The van der Waals surface area contributed by atoms with Gasteiger partial charge < -0.3 is 15.5 Å². The molecule has 1 unspecified atom stereocenters. The van der Waals surface area contributed by atoms with Gasteiger partial charge in [-0.1, -0.05) is 13.8 Å². The predicted octanol–water partition coefficient (Wildman–Crippen LogP) is 1.21. The van der Waals surface area contributed by atoms with Crippen molar-refractivity contribution >= 4 is 18.4 Å². The van der Waals surface area contributed by atoms with Crippen LogP contribution in [0.5, 0.6) is 0 Å². The first kappa shape index (κ1) is 19.4. The molecule has 0 aliphatic carbocycles. The molecule has 1 aromatic heterocycles. The summed E-state index contributed by atoms with van der Waals surface area (Å²) in [7, 11) is 2.16. The second-order valence-corrected chi connectivity index (χ2v) is 7.78. The van der Waals surface area contributed by atoms with Gasteiger partial charge in [0.15, 0.2) is 0 Å². The quantitative estimate of drug-likeness (QED) is 0.880. The van der Waals surface area contributed by atoms with Gasteiger partial charge in [0.25, 0.3) is 0 Å². The van der Waals surface area contributed by atoms with E-state index in [4.69, 9.17) is 5.73 Å². The standard InChI is InChI=1S/C17H30N6.ClH/c1-17(2)13-22(5-4-15(17)18)12-14-10-19-16(20-11-14)23-8-6-21(3)7-9-23;/h10-11,15H,4-9,12-13,18H2,1-3H3;1H. The molecule has 0 aromatic carbocycles. The summed E-state index contributed by atoms with van der Waals surface area (Å²) in [6.45, 7) is 11.7. The number of hydrogen-bond acceptors (Lipinski definition) is 6. The van der Waals surface area contributed by atoms with Crippen LogP contribution in [-0.4, -0.2) is 72.1 Å². The molecule has 2 aliphatic rings. The number of likely N-dealkylation sites (N-methyl/N-ethyl adjacent to an activating group) is 1. The Morgan fingerprint density at radius 3 is 2.33 bits per heavy atom. The van der Waals surface area contributed by atoms with Crippen LogP contribution in [0.4, 0.5) is 5.95 Å². The van der Waals surface area contributed by atoms with Crippen LogP contribution in [-0.2, 0) is 6.54 Å². The van der Waals surface area contributed by atoms with E-state index in [9.17, 15) is 0 Å². The lowest BCUT2D eigenvalue weighted by atomic mass is 9.79. The van der Waals surface area contributed by atoms with Gasteiger partial charge in [0.1, 0.15) is 0 Å². The highest BCUT2D eigenvalue weighted by Gasteiger charge is 2.33. The second-order valence-electron chi connectivity index (χ2n) is 7.78. The fraction of sp³-hybridized carbons (Fsp3) is 0.765. The Morgan fingerprint density at radius 2 is 1.75 bits per heavy atom. The third-order valence-corrected chi connectivity index (χ3v) is 5.28. The van der Waals surface area contributed by atoms with Crippen LogP contribution in [0.2, 0.25) is 0 Å². The molecule has 2 aliphatic heterocycles. The van der Waals surface area contributed by atoms with E-state index in [0.29, 0.717) is 6.04 Å². The van der Waals surface area contributed by atoms with Crippen molar-refractivity contribution in [1.29, 1.82) is 0 Å². The summed E-state index contributed by atoms with van der Waals surface area (Å²) >= 11 is 0. The minimum absolute atomic E-state index is 0. The van der Waals surface area contributed by atoms with Gasteiger partial charge in [0.05, 0.1) is 0 Å². The minimum atomic E-state index is 0. The minimum Gasteiger partial charge on any atom is -0.338 e. The largest absolute Gasteiger partial charge is 0.338 e. The van der Waals surface area contributed by atoms with Crippen LogP contribution in [0.15, 0.2) is 12.4 Å². The summed E-state index contributed by atoms with van der Waals surface area (Å²) in [5, 5.41) is 0. The lowest BCUT2D eigenvalue weighted by Crippen LogP contribution is -2.52. The van der Waals surface area contributed by atoms with E-state index in [1.807, 2.05) is 12.4 Å². The molecule has 0 amide bonds. The number of piperazine rings is 1. The van der Waals surface area contributed by atoms with E-state index in [0.717, 1.165) is 58.2 Å². The number of rotatable bonds is 3. The average Bonchev–Trinajstić information content (AvgIpc) is 2.52. The third kappa shape index (κ3) is 4.57. The van der Waals surface area contributed by atoms with Gasteiger partial charge in [0, 0.05) is 69.8 Å². The number of nitrogens with two attached hydrogens (primary N) is 1. The van der Waals surface area contributed by atoms with Crippen LogP contribution in [0.3, 0.4) is 0 Å². The van der Waals surface area contributed by atoms with Crippen LogP contribution < -0.4 is 10.6 Å². The Balaban J connectivity index is 0.00000208. The monoisotopic (exact) mass is 354 g/mol. The first-order valence-electron chi connectivity index (χ1n) is 8.66. The Labute approximate surface area is 151 Å². The number of aromatic nitrogens is 2. The molecule has 2 fully saturated rings. The van der Waals surface area contributed by atoms with Crippen molar-refractivity contribution in [2.75, 3.05) is 51.2 Å². The maximum atomic E-state index is 6.22. The fourth-order valence-corrected chi connectivity index (χ4v) is 3.48. The van der Waals surface area contributed by atoms with Crippen molar-refractivity contribution in [3.63, 3.8) is 0 Å². The normalized spacial score (nSPS) is 25.3. The maximum Gasteiger partial charge on any atom is 0.225 e. The van der Waals surface area contributed by atoms with Crippen LogP contribution in [0.1, 0.15) is 25.8 Å². The van der Waals surface area contributed by atoms with Gasteiger partial charge in [0.2, 0.25) is 5.95 Å². The van der Waals surface area contributed by atoms with Crippen molar-refractivity contribution in [1.82, 2.24) is 19.8 Å². The van der Waals surface area contributed by atoms with Gasteiger partial charge >= 0.3 is 0 Å². The molecule has 3 rings (SSSR count). The first-order valence-corrected chi connectivity index (χ1v) is 8.66. The Kier molecular flexibility index (Phi) is 6.42. The van der Waals surface area contributed by atoms with Crippen molar-refractivity contribution in [2.45, 2.75) is 32.9 Å². The Hall–Kier alpha value is -0.950. The molecule has 136 valence electrons. The zero-order chi connectivity index (χ0) is 16.4. The third-order valence-electron chi connectivity index (χ3n) is 5.28. The maximum absolute atomic E-state index is 6.22. The number of hydrogen-bond donors (Lipinski definition) is 1. The van der Waals surface area contributed by atoms with Crippen molar-refractivity contribution in [3.05, 3.63) is 18.0 Å². The average molecular weight is 355 g/mol. The number of halogens is 1. The zero-order valence-corrected chi connectivity index (χ0v) is 15.9. The van der Waals surface area contributed by atoms with Gasteiger partial charge in [-0.2, -0.15) is 0 Å². The van der Waals surface area contributed by atoms with Crippen LogP contribution >= 0.6 is 12.4 Å². The molecule has 3 heterocycles. The lowest BCUT2D eigenvalue weighted by molar-refractivity contribution is 0.0897.